The SMILES string of the molecule is CSc1cnccc1-c1ccccc1. The zero-order valence-corrected chi connectivity index (χ0v) is 8.79. The van der Waals surface area contributed by atoms with Gasteiger partial charge >= 0.3 is 0 Å². The molecule has 0 aliphatic carbocycles. The molecule has 1 aromatic carbocycles. The highest BCUT2D eigenvalue weighted by molar-refractivity contribution is 7.98. The van der Waals surface area contributed by atoms with Crippen molar-refractivity contribution in [3.63, 3.8) is 0 Å². The largest absolute Gasteiger partial charge is 0.264 e. The van der Waals surface area contributed by atoms with E-state index in [0.29, 0.717) is 0 Å². The maximum atomic E-state index is 4.12. The lowest BCUT2D eigenvalue weighted by Gasteiger charge is -2.05. The van der Waals surface area contributed by atoms with Gasteiger partial charge in [-0.25, -0.2) is 0 Å². The van der Waals surface area contributed by atoms with Crippen LogP contribution in [0.15, 0.2) is 53.7 Å². The Morgan fingerprint density at radius 3 is 2.57 bits per heavy atom. The summed E-state index contributed by atoms with van der Waals surface area (Å²) >= 11 is 1.73. The molecule has 0 saturated heterocycles. The van der Waals surface area contributed by atoms with Crippen molar-refractivity contribution in [1.82, 2.24) is 4.98 Å². The maximum Gasteiger partial charge on any atom is 0.0410 e. The van der Waals surface area contributed by atoms with Crippen LogP contribution in [0.25, 0.3) is 11.1 Å². The predicted octanol–water partition coefficient (Wildman–Crippen LogP) is 3.47. The van der Waals surface area contributed by atoms with E-state index in [2.05, 4.69) is 41.6 Å². The molecule has 0 amide bonds. The summed E-state index contributed by atoms with van der Waals surface area (Å²) in [6.07, 6.45) is 5.82. The molecule has 70 valence electrons. The van der Waals surface area contributed by atoms with E-state index in [1.807, 2.05) is 18.5 Å². The van der Waals surface area contributed by atoms with Crippen molar-refractivity contribution in [1.29, 1.82) is 0 Å². The second kappa shape index (κ2) is 4.29. The van der Waals surface area contributed by atoms with Gasteiger partial charge in [-0.2, -0.15) is 0 Å². The second-order valence-electron chi connectivity index (χ2n) is 2.94. The molecule has 2 heteroatoms. The average Bonchev–Trinajstić information content (AvgIpc) is 2.30. The van der Waals surface area contributed by atoms with E-state index in [0.717, 1.165) is 0 Å². The molecule has 2 rings (SSSR count). The van der Waals surface area contributed by atoms with E-state index in [1.165, 1.54) is 16.0 Å². The molecule has 0 saturated carbocycles. The Labute approximate surface area is 88.2 Å². The molecule has 1 nitrogen and oxygen atoms in total. The molecule has 2 aromatic rings. The number of hydrogen-bond donors (Lipinski definition) is 0. The molecule has 14 heavy (non-hydrogen) atoms. The molecular weight excluding hydrogens is 190 g/mol. The van der Waals surface area contributed by atoms with Gasteiger partial charge in [0.15, 0.2) is 0 Å². The van der Waals surface area contributed by atoms with Crippen molar-refractivity contribution in [2.24, 2.45) is 0 Å². The Balaban J connectivity index is 2.51. The average molecular weight is 201 g/mol. The minimum absolute atomic E-state index is 1.22. The van der Waals surface area contributed by atoms with E-state index >= 15 is 0 Å². The van der Waals surface area contributed by atoms with Gasteiger partial charge in [0.2, 0.25) is 0 Å². The van der Waals surface area contributed by atoms with Crippen LogP contribution < -0.4 is 0 Å². The molecule has 0 fully saturated rings. The van der Waals surface area contributed by atoms with Gasteiger partial charge in [-0.05, 0) is 23.4 Å². The van der Waals surface area contributed by atoms with Gasteiger partial charge in [0, 0.05) is 17.3 Å². The highest BCUT2D eigenvalue weighted by Crippen LogP contribution is 2.28. The third kappa shape index (κ3) is 1.80. The summed E-state index contributed by atoms with van der Waals surface area (Å²) in [7, 11) is 0. The van der Waals surface area contributed by atoms with Crippen molar-refractivity contribution in [3.8, 4) is 11.1 Å². The van der Waals surface area contributed by atoms with Gasteiger partial charge in [-0.3, -0.25) is 4.98 Å². The van der Waals surface area contributed by atoms with Crippen LogP contribution in [0.5, 0.6) is 0 Å². The normalized spacial score (nSPS) is 10.1. The quantitative estimate of drug-likeness (QED) is 0.690. The standard InChI is InChI=1S/C12H11NS/c1-14-12-9-13-8-7-11(12)10-5-3-2-4-6-10/h2-9H,1H3. The smallest absolute Gasteiger partial charge is 0.0410 e. The summed E-state index contributed by atoms with van der Waals surface area (Å²) < 4.78 is 0. The lowest BCUT2D eigenvalue weighted by Crippen LogP contribution is -1.82. The molecular formula is C12H11NS. The lowest BCUT2D eigenvalue weighted by atomic mass is 10.1. The Hall–Kier alpha value is -1.28. The molecule has 0 aliphatic rings. The van der Waals surface area contributed by atoms with Gasteiger partial charge < -0.3 is 0 Å². The van der Waals surface area contributed by atoms with E-state index in [-0.39, 0.29) is 0 Å². The number of aromatic nitrogens is 1. The van der Waals surface area contributed by atoms with Gasteiger partial charge in [0.25, 0.3) is 0 Å². The number of benzene rings is 1. The van der Waals surface area contributed by atoms with Crippen LogP contribution >= 0.6 is 11.8 Å². The zero-order chi connectivity index (χ0) is 9.80. The van der Waals surface area contributed by atoms with Gasteiger partial charge in [0.1, 0.15) is 0 Å². The molecule has 0 radical (unpaired) electrons. The van der Waals surface area contributed by atoms with Crippen molar-refractivity contribution in [2.75, 3.05) is 6.26 Å². The summed E-state index contributed by atoms with van der Waals surface area (Å²) in [4.78, 5) is 5.34. The van der Waals surface area contributed by atoms with E-state index in [4.69, 9.17) is 0 Å². The molecule has 1 aromatic heterocycles. The molecule has 0 spiro atoms. The third-order valence-electron chi connectivity index (χ3n) is 2.09. The van der Waals surface area contributed by atoms with E-state index in [1.54, 1.807) is 11.8 Å². The predicted molar refractivity (Wildman–Crippen MR) is 61.5 cm³/mol. The van der Waals surface area contributed by atoms with Crippen LogP contribution in [0.2, 0.25) is 0 Å². The fraction of sp³-hybridized carbons (Fsp3) is 0.0833. The fourth-order valence-electron chi connectivity index (χ4n) is 1.40. The number of nitrogens with zero attached hydrogens (tertiary/aromatic N) is 1. The van der Waals surface area contributed by atoms with E-state index < -0.39 is 0 Å². The van der Waals surface area contributed by atoms with Crippen LogP contribution in [0, 0.1) is 0 Å². The van der Waals surface area contributed by atoms with Crippen molar-refractivity contribution in [2.45, 2.75) is 4.90 Å². The minimum Gasteiger partial charge on any atom is -0.264 e. The summed E-state index contributed by atoms with van der Waals surface area (Å²) in [5.41, 5.74) is 2.51. The van der Waals surface area contributed by atoms with Crippen LogP contribution in [0.1, 0.15) is 0 Å². The highest BCUT2D eigenvalue weighted by Gasteiger charge is 2.02. The summed E-state index contributed by atoms with van der Waals surface area (Å²) in [5, 5.41) is 0. The monoisotopic (exact) mass is 201 g/mol. The topological polar surface area (TPSA) is 12.9 Å². The first-order valence-corrected chi connectivity index (χ1v) is 5.67. The molecule has 0 bridgehead atoms. The Kier molecular flexibility index (Phi) is 2.84. The number of hydrogen-bond acceptors (Lipinski definition) is 2. The summed E-state index contributed by atoms with van der Waals surface area (Å²) in [6.45, 7) is 0. The molecule has 0 aliphatic heterocycles. The molecule has 0 atom stereocenters. The minimum atomic E-state index is 1.22. The molecule has 1 heterocycles. The van der Waals surface area contributed by atoms with Gasteiger partial charge in [0.05, 0.1) is 0 Å². The first kappa shape index (κ1) is 9.28. The van der Waals surface area contributed by atoms with Crippen molar-refractivity contribution >= 4 is 11.8 Å². The lowest BCUT2D eigenvalue weighted by molar-refractivity contribution is 1.24. The van der Waals surface area contributed by atoms with Crippen LogP contribution in [-0.4, -0.2) is 11.2 Å². The number of pyridine rings is 1. The van der Waals surface area contributed by atoms with E-state index in [9.17, 15) is 0 Å². The van der Waals surface area contributed by atoms with Crippen molar-refractivity contribution in [3.05, 3.63) is 48.8 Å². The first-order chi connectivity index (χ1) is 6.92. The first-order valence-electron chi connectivity index (χ1n) is 4.45. The Morgan fingerprint density at radius 1 is 1.07 bits per heavy atom. The van der Waals surface area contributed by atoms with Gasteiger partial charge in [-0.15, -0.1) is 11.8 Å². The molecule has 0 unspecified atom stereocenters. The van der Waals surface area contributed by atoms with Crippen molar-refractivity contribution < 1.29 is 0 Å². The molecule has 0 N–H and O–H groups in total. The van der Waals surface area contributed by atoms with Crippen LogP contribution in [-0.2, 0) is 0 Å². The maximum absolute atomic E-state index is 4.12. The number of rotatable bonds is 2. The Morgan fingerprint density at radius 2 is 1.86 bits per heavy atom. The second-order valence-corrected chi connectivity index (χ2v) is 3.79. The highest BCUT2D eigenvalue weighted by atomic mass is 32.2. The Bertz CT molecular complexity index is 412. The van der Waals surface area contributed by atoms with Crippen LogP contribution in [0.4, 0.5) is 0 Å². The summed E-state index contributed by atoms with van der Waals surface area (Å²) in [5.74, 6) is 0. The zero-order valence-electron chi connectivity index (χ0n) is 7.97. The third-order valence-corrected chi connectivity index (χ3v) is 2.85. The van der Waals surface area contributed by atoms with Gasteiger partial charge in [-0.1, -0.05) is 30.3 Å². The summed E-state index contributed by atoms with van der Waals surface area (Å²) in [6, 6.07) is 12.4. The fourth-order valence-corrected chi connectivity index (χ4v) is 1.97. The number of thioether (sulfide) groups is 1. The van der Waals surface area contributed by atoms with Crippen LogP contribution in [0.3, 0.4) is 0 Å².